The summed E-state index contributed by atoms with van der Waals surface area (Å²) in [6.45, 7) is 5.79. The van der Waals surface area contributed by atoms with E-state index in [1.54, 1.807) is 24.3 Å². The lowest BCUT2D eigenvalue weighted by Gasteiger charge is -2.27. The fourth-order valence-electron chi connectivity index (χ4n) is 4.10. The van der Waals surface area contributed by atoms with E-state index in [0.29, 0.717) is 17.6 Å². The number of aryl methyl sites for hydroxylation is 1. The van der Waals surface area contributed by atoms with Crippen molar-refractivity contribution >= 4 is 42.2 Å². The number of halogens is 1. The summed E-state index contributed by atoms with van der Waals surface area (Å²) in [6, 6.07) is 5.22. The Morgan fingerprint density at radius 2 is 1.64 bits per heavy atom. The molecule has 1 aliphatic rings. The van der Waals surface area contributed by atoms with Crippen LogP contribution in [0, 0.1) is 6.92 Å². The molecule has 2 rings (SSSR count). The largest absolute Gasteiger partial charge is 0.481 e. The summed E-state index contributed by atoms with van der Waals surface area (Å²) < 4.78 is 14.4. The maximum Gasteiger partial charge on any atom is 0.326 e. The Morgan fingerprint density at radius 3 is 2.21 bits per heavy atom. The van der Waals surface area contributed by atoms with Crippen LogP contribution in [-0.2, 0) is 24.6 Å². The topological polar surface area (TPSA) is 133 Å². The zero-order chi connectivity index (χ0) is 29.4. The van der Waals surface area contributed by atoms with E-state index >= 15 is 0 Å². The minimum atomic E-state index is -1.72. The van der Waals surface area contributed by atoms with Gasteiger partial charge in [-0.1, -0.05) is 86.5 Å². The second-order valence-corrected chi connectivity index (χ2v) is 12.7. The van der Waals surface area contributed by atoms with E-state index in [-0.39, 0.29) is 19.3 Å². The Labute approximate surface area is 233 Å². The second kappa shape index (κ2) is 14.0. The van der Waals surface area contributed by atoms with Crippen molar-refractivity contribution in [3.63, 3.8) is 0 Å². The van der Waals surface area contributed by atoms with Gasteiger partial charge in [-0.2, -0.15) is 0 Å². The lowest BCUT2D eigenvalue weighted by molar-refractivity contribution is -0.143. The van der Waals surface area contributed by atoms with Crippen LogP contribution in [0.3, 0.4) is 0 Å². The Morgan fingerprint density at radius 1 is 1.00 bits per heavy atom. The summed E-state index contributed by atoms with van der Waals surface area (Å²) >= 11 is 0. The number of carboxylic acid groups (broad SMARTS) is 2. The highest BCUT2D eigenvalue weighted by Gasteiger charge is 2.30. The molecule has 39 heavy (non-hydrogen) atoms. The number of carboxylic acids is 2. The van der Waals surface area contributed by atoms with Crippen molar-refractivity contribution in [1.29, 1.82) is 0 Å². The predicted molar refractivity (Wildman–Crippen MR) is 155 cm³/mol. The molecular weight excluding hydrogens is 541 g/mol. The molecular formula is C28H37FN2O6P2. The molecule has 0 radical (unpaired) electrons. The fourth-order valence-corrected chi connectivity index (χ4v) is 4.53. The standard InChI is InChI=1S/C28H37FN2O6P2/c1-17-7-10-19(11-8-17)27(2,3)16-23(32)30-22(25(35)31-21(26(36)37)13-14-24(33)34)15-18-5-4-6-20(12-9-18)28(29,38)39/h5-12,21-22H,4,13-16,38-39H2,1-3H3,(H,30,32)(H,31,35)(H,33,34)(H,36,37)/t21-,22+/m1/s1. The van der Waals surface area contributed by atoms with Crippen LogP contribution < -0.4 is 10.6 Å². The number of alkyl halides is 1. The molecule has 0 saturated carbocycles. The van der Waals surface area contributed by atoms with E-state index < -0.39 is 52.8 Å². The van der Waals surface area contributed by atoms with Crippen LogP contribution in [0.1, 0.15) is 57.1 Å². The number of hydrogen-bond donors (Lipinski definition) is 4. The Hall–Kier alpha value is -2.89. The Bertz CT molecular complexity index is 1170. The van der Waals surface area contributed by atoms with E-state index in [1.807, 2.05) is 45.0 Å². The molecule has 4 N–H and O–H groups in total. The van der Waals surface area contributed by atoms with Gasteiger partial charge in [0.05, 0.1) is 0 Å². The molecule has 0 aliphatic heterocycles. The van der Waals surface area contributed by atoms with Gasteiger partial charge in [-0.25, -0.2) is 9.18 Å². The number of rotatable bonds is 13. The molecule has 0 bridgehead atoms. The number of nitrogens with one attached hydrogen (secondary N) is 2. The molecule has 8 nitrogen and oxygen atoms in total. The SMILES string of the molecule is Cc1ccc(C(C)(C)CC(=O)N[C@@H](CC2=CCC=C(C(F)(P)P)C=C2)C(=O)N[C@H](CCC(=O)O)C(=O)O)cc1. The van der Waals surface area contributed by atoms with Gasteiger partial charge in [0, 0.05) is 19.3 Å². The normalized spacial score (nSPS) is 15.3. The second-order valence-electron chi connectivity index (χ2n) is 10.4. The number of benzene rings is 1. The zero-order valence-corrected chi connectivity index (χ0v) is 24.7. The molecule has 2 unspecified atom stereocenters. The van der Waals surface area contributed by atoms with Crippen molar-refractivity contribution in [3.05, 3.63) is 70.8 Å². The minimum absolute atomic E-state index is 0.0262. The molecule has 1 aliphatic carbocycles. The van der Waals surface area contributed by atoms with Gasteiger partial charge in [-0.3, -0.25) is 14.4 Å². The molecule has 1 aromatic rings. The van der Waals surface area contributed by atoms with Crippen molar-refractivity contribution in [3.8, 4) is 0 Å². The summed E-state index contributed by atoms with van der Waals surface area (Å²) in [7, 11) is 4.19. The Kier molecular flexibility index (Phi) is 11.6. The van der Waals surface area contributed by atoms with Gasteiger partial charge in [0.2, 0.25) is 11.8 Å². The lowest BCUT2D eigenvalue weighted by Crippen LogP contribution is -2.52. The maximum absolute atomic E-state index is 14.4. The van der Waals surface area contributed by atoms with Crippen molar-refractivity contribution in [1.82, 2.24) is 10.6 Å². The van der Waals surface area contributed by atoms with Crippen molar-refractivity contribution < 1.29 is 33.8 Å². The fraction of sp³-hybridized carbons (Fsp3) is 0.429. The number of hydrogen-bond acceptors (Lipinski definition) is 4. The number of amides is 2. The Balaban J connectivity index is 2.24. The van der Waals surface area contributed by atoms with Crippen molar-refractivity contribution in [2.24, 2.45) is 0 Å². The monoisotopic (exact) mass is 578 g/mol. The molecule has 11 heteroatoms. The minimum Gasteiger partial charge on any atom is -0.481 e. The van der Waals surface area contributed by atoms with Crippen LogP contribution in [0.15, 0.2) is 59.7 Å². The first-order valence-electron chi connectivity index (χ1n) is 12.5. The van der Waals surface area contributed by atoms with Gasteiger partial charge in [-0.05, 0) is 41.9 Å². The van der Waals surface area contributed by atoms with Gasteiger partial charge in [-0.15, -0.1) is 0 Å². The van der Waals surface area contributed by atoms with E-state index in [1.165, 1.54) is 0 Å². The van der Waals surface area contributed by atoms with Crippen LogP contribution in [0.5, 0.6) is 0 Å². The van der Waals surface area contributed by atoms with E-state index in [0.717, 1.165) is 11.1 Å². The molecule has 1 aromatic carbocycles. The summed E-state index contributed by atoms with van der Waals surface area (Å²) in [5, 5.41) is 21.8. The number of aliphatic carboxylic acids is 2. The predicted octanol–water partition coefficient (Wildman–Crippen LogP) is 4.16. The maximum atomic E-state index is 14.4. The highest BCUT2D eigenvalue weighted by molar-refractivity contribution is 7.40. The summed E-state index contributed by atoms with van der Waals surface area (Å²) in [4.78, 5) is 49.0. The van der Waals surface area contributed by atoms with Crippen molar-refractivity contribution in [2.75, 3.05) is 0 Å². The van der Waals surface area contributed by atoms with Gasteiger partial charge in [0.25, 0.3) is 0 Å². The summed E-state index contributed by atoms with van der Waals surface area (Å²) in [6.07, 6.45) is 6.47. The highest BCUT2D eigenvalue weighted by atomic mass is 31.1. The van der Waals surface area contributed by atoms with Gasteiger partial charge >= 0.3 is 11.9 Å². The molecule has 4 atom stereocenters. The molecule has 212 valence electrons. The lowest BCUT2D eigenvalue weighted by atomic mass is 9.81. The van der Waals surface area contributed by atoms with Crippen molar-refractivity contribution in [2.45, 2.75) is 75.5 Å². The first-order valence-corrected chi connectivity index (χ1v) is 13.7. The van der Waals surface area contributed by atoms with Gasteiger partial charge < -0.3 is 20.8 Å². The third kappa shape index (κ3) is 10.7. The first-order chi connectivity index (χ1) is 18.1. The number of carbonyl (C=O) groups is 4. The van der Waals surface area contributed by atoms with Crippen LogP contribution >= 0.6 is 18.5 Å². The van der Waals surface area contributed by atoms with Gasteiger partial charge in [0.15, 0.2) is 5.15 Å². The summed E-state index contributed by atoms with van der Waals surface area (Å²) in [5.74, 6) is -3.73. The third-order valence-corrected chi connectivity index (χ3v) is 7.09. The van der Waals surface area contributed by atoms with Gasteiger partial charge in [0.1, 0.15) is 12.1 Å². The average molecular weight is 579 g/mol. The summed E-state index contributed by atoms with van der Waals surface area (Å²) in [5.41, 5.74) is 2.54. The molecule has 0 spiro atoms. The number of carbonyl (C=O) groups excluding carboxylic acids is 2. The molecule has 0 heterocycles. The quantitative estimate of drug-likeness (QED) is 0.260. The molecule has 0 saturated heterocycles. The molecule has 2 amide bonds. The van der Waals surface area contributed by atoms with Crippen LogP contribution in [0.4, 0.5) is 4.39 Å². The van der Waals surface area contributed by atoms with E-state index in [9.17, 15) is 28.7 Å². The smallest absolute Gasteiger partial charge is 0.326 e. The van der Waals surface area contributed by atoms with E-state index in [4.69, 9.17) is 5.11 Å². The van der Waals surface area contributed by atoms with Crippen LogP contribution in [0.2, 0.25) is 0 Å². The van der Waals surface area contributed by atoms with Crippen LogP contribution in [0.25, 0.3) is 0 Å². The zero-order valence-electron chi connectivity index (χ0n) is 22.4. The average Bonchev–Trinajstić information content (AvgIpc) is 3.06. The first kappa shape index (κ1) is 32.3. The van der Waals surface area contributed by atoms with E-state index in [2.05, 4.69) is 29.1 Å². The number of allylic oxidation sites excluding steroid dienone is 5. The molecule has 0 aromatic heterocycles. The van der Waals surface area contributed by atoms with Crippen LogP contribution in [-0.4, -0.2) is 51.2 Å². The highest BCUT2D eigenvalue weighted by Crippen LogP contribution is 2.38. The third-order valence-electron chi connectivity index (χ3n) is 6.43. The molecule has 0 fully saturated rings.